The van der Waals surface area contributed by atoms with Crippen LogP contribution in [0, 0.1) is 0 Å². The second kappa shape index (κ2) is 8.09. The van der Waals surface area contributed by atoms with Crippen molar-refractivity contribution < 1.29 is 14.0 Å². The SMILES string of the molecule is CN1CCC(N(C)C(=O)c2ccc(-c3ccc(/C=C4/C(=O)Nc5ccccc54)o3)cn2)C1. The number of likely N-dealkylation sites (tertiary alicyclic amines) is 1. The molecule has 162 valence electrons. The first kappa shape index (κ1) is 20.2. The maximum absolute atomic E-state index is 12.8. The fraction of sp³-hybridized carbons (Fsp3) is 0.240. The van der Waals surface area contributed by atoms with Gasteiger partial charge >= 0.3 is 0 Å². The van der Waals surface area contributed by atoms with Gasteiger partial charge < -0.3 is 19.5 Å². The summed E-state index contributed by atoms with van der Waals surface area (Å²) in [6.45, 7) is 1.88. The van der Waals surface area contributed by atoms with Crippen molar-refractivity contribution in [3.8, 4) is 11.3 Å². The summed E-state index contributed by atoms with van der Waals surface area (Å²) in [4.78, 5) is 33.5. The first-order valence-electron chi connectivity index (χ1n) is 10.6. The number of rotatable bonds is 4. The first-order chi connectivity index (χ1) is 15.5. The summed E-state index contributed by atoms with van der Waals surface area (Å²) in [6, 6.07) is 15.0. The highest BCUT2D eigenvalue weighted by molar-refractivity contribution is 6.34. The zero-order chi connectivity index (χ0) is 22.2. The number of pyridine rings is 1. The molecule has 0 radical (unpaired) electrons. The van der Waals surface area contributed by atoms with Gasteiger partial charge in [-0.25, -0.2) is 0 Å². The average Bonchev–Trinajstić information content (AvgIpc) is 3.53. The van der Waals surface area contributed by atoms with Gasteiger partial charge in [0.1, 0.15) is 17.2 Å². The molecule has 2 amide bonds. The molecule has 1 unspecified atom stereocenters. The Balaban J connectivity index is 1.33. The smallest absolute Gasteiger partial charge is 0.272 e. The number of hydrogen-bond donors (Lipinski definition) is 1. The Kier molecular flexibility index (Phi) is 5.11. The number of aromatic nitrogens is 1. The maximum atomic E-state index is 12.8. The summed E-state index contributed by atoms with van der Waals surface area (Å²) in [5.41, 5.74) is 3.41. The lowest BCUT2D eigenvalue weighted by molar-refractivity contribution is -0.110. The van der Waals surface area contributed by atoms with Gasteiger partial charge in [0, 0.05) is 42.6 Å². The highest BCUT2D eigenvalue weighted by Gasteiger charge is 2.27. The molecule has 0 aliphatic carbocycles. The molecule has 1 fully saturated rings. The molecule has 0 saturated carbocycles. The molecule has 2 aliphatic rings. The lowest BCUT2D eigenvalue weighted by Gasteiger charge is -2.24. The van der Waals surface area contributed by atoms with Crippen LogP contribution in [0.5, 0.6) is 0 Å². The number of hydrogen-bond acceptors (Lipinski definition) is 5. The number of likely N-dealkylation sites (N-methyl/N-ethyl adjacent to an activating group) is 2. The van der Waals surface area contributed by atoms with Gasteiger partial charge in [-0.15, -0.1) is 0 Å². The van der Waals surface area contributed by atoms with Crippen molar-refractivity contribution in [1.29, 1.82) is 0 Å². The van der Waals surface area contributed by atoms with Gasteiger partial charge in [-0.2, -0.15) is 0 Å². The van der Waals surface area contributed by atoms with E-state index in [-0.39, 0.29) is 17.9 Å². The number of benzene rings is 1. The van der Waals surface area contributed by atoms with Gasteiger partial charge in [-0.3, -0.25) is 14.6 Å². The molecular formula is C25H24N4O3. The zero-order valence-electron chi connectivity index (χ0n) is 18.0. The van der Waals surface area contributed by atoms with Crippen LogP contribution in [0.2, 0.25) is 0 Å². The normalized spacial score (nSPS) is 19.2. The number of anilines is 1. The van der Waals surface area contributed by atoms with E-state index in [0.717, 1.165) is 36.3 Å². The third kappa shape index (κ3) is 3.71. The molecule has 1 aromatic carbocycles. The lowest BCUT2D eigenvalue weighted by Crippen LogP contribution is -2.38. The fourth-order valence-corrected chi connectivity index (χ4v) is 4.25. The van der Waals surface area contributed by atoms with Gasteiger partial charge in [0.15, 0.2) is 0 Å². The van der Waals surface area contributed by atoms with E-state index in [4.69, 9.17) is 4.42 Å². The monoisotopic (exact) mass is 428 g/mol. The summed E-state index contributed by atoms with van der Waals surface area (Å²) in [7, 11) is 3.90. The Morgan fingerprint density at radius 1 is 1.22 bits per heavy atom. The van der Waals surface area contributed by atoms with E-state index in [9.17, 15) is 9.59 Å². The van der Waals surface area contributed by atoms with Crippen molar-refractivity contribution in [3.05, 3.63) is 71.7 Å². The van der Waals surface area contributed by atoms with Crippen molar-refractivity contribution in [2.24, 2.45) is 0 Å². The average molecular weight is 428 g/mol. The summed E-state index contributed by atoms with van der Waals surface area (Å²) in [5, 5.41) is 2.86. The molecule has 7 nitrogen and oxygen atoms in total. The lowest BCUT2D eigenvalue weighted by atomic mass is 10.1. The quantitative estimate of drug-likeness (QED) is 0.643. The van der Waals surface area contributed by atoms with Gasteiger partial charge in [0.2, 0.25) is 0 Å². The molecule has 32 heavy (non-hydrogen) atoms. The van der Waals surface area contributed by atoms with Crippen LogP contribution in [0.1, 0.15) is 28.2 Å². The number of nitrogens with one attached hydrogen (secondary N) is 1. The van der Waals surface area contributed by atoms with Crippen LogP contribution in [0.4, 0.5) is 5.69 Å². The highest BCUT2D eigenvalue weighted by atomic mass is 16.3. The predicted octanol–water partition coefficient (Wildman–Crippen LogP) is 3.61. The van der Waals surface area contributed by atoms with E-state index in [2.05, 4.69) is 22.2 Å². The minimum absolute atomic E-state index is 0.0763. The molecule has 1 saturated heterocycles. The third-order valence-electron chi connectivity index (χ3n) is 6.13. The van der Waals surface area contributed by atoms with Gasteiger partial charge in [0.25, 0.3) is 11.8 Å². The number of nitrogens with zero attached hydrogens (tertiary/aromatic N) is 3. The molecule has 1 N–H and O–H groups in total. The Labute approximate surface area is 186 Å². The van der Waals surface area contributed by atoms with Crippen molar-refractivity contribution >= 4 is 29.2 Å². The minimum atomic E-state index is -0.147. The summed E-state index contributed by atoms with van der Waals surface area (Å²) in [6.07, 6.45) is 4.36. The number of carbonyl (C=O) groups excluding carboxylic acids is 2. The first-order valence-corrected chi connectivity index (χ1v) is 10.6. The molecule has 7 heteroatoms. The highest BCUT2D eigenvalue weighted by Crippen LogP contribution is 2.33. The van der Waals surface area contributed by atoms with Crippen LogP contribution in [0.25, 0.3) is 23.0 Å². The largest absolute Gasteiger partial charge is 0.457 e. The van der Waals surface area contributed by atoms with E-state index in [1.807, 2.05) is 49.5 Å². The predicted molar refractivity (Wildman–Crippen MR) is 123 cm³/mol. The molecule has 0 bridgehead atoms. The van der Waals surface area contributed by atoms with Gasteiger partial charge in [-0.05, 0) is 56.4 Å². The standard InChI is InChI=1S/C25H24N4O3/c1-28-12-11-17(15-28)29(2)25(31)22-9-7-16(14-26-22)23-10-8-18(32-23)13-20-19-5-3-4-6-21(19)27-24(20)30/h3-10,13-14,17H,11-12,15H2,1-2H3,(H,27,30)/b20-13+. The van der Waals surface area contributed by atoms with E-state index in [1.165, 1.54) is 0 Å². The van der Waals surface area contributed by atoms with Crippen LogP contribution >= 0.6 is 0 Å². The molecule has 1 atom stereocenters. The molecule has 4 heterocycles. The summed E-state index contributed by atoms with van der Waals surface area (Å²) in [5.74, 6) is 0.979. The molecule has 5 rings (SSSR count). The van der Waals surface area contributed by atoms with Crippen molar-refractivity contribution in [3.63, 3.8) is 0 Å². The van der Waals surface area contributed by atoms with Crippen LogP contribution in [0.3, 0.4) is 0 Å². The van der Waals surface area contributed by atoms with E-state index < -0.39 is 0 Å². The Morgan fingerprint density at radius 2 is 2.06 bits per heavy atom. The molecular weight excluding hydrogens is 404 g/mol. The molecule has 2 aliphatic heterocycles. The summed E-state index contributed by atoms with van der Waals surface area (Å²) >= 11 is 0. The van der Waals surface area contributed by atoms with Crippen LogP contribution in [0.15, 0.2) is 59.1 Å². The Morgan fingerprint density at radius 3 is 2.81 bits per heavy atom. The maximum Gasteiger partial charge on any atom is 0.272 e. The van der Waals surface area contributed by atoms with Gasteiger partial charge in [-0.1, -0.05) is 18.2 Å². The number of para-hydroxylation sites is 1. The molecule has 0 spiro atoms. The van der Waals surface area contributed by atoms with E-state index in [1.54, 1.807) is 23.2 Å². The van der Waals surface area contributed by atoms with Crippen molar-refractivity contribution in [2.45, 2.75) is 12.5 Å². The van der Waals surface area contributed by atoms with Crippen molar-refractivity contribution in [2.75, 3.05) is 32.5 Å². The zero-order valence-corrected chi connectivity index (χ0v) is 18.0. The Bertz CT molecular complexity index is 1210. The van der Waals surface area contributed by atoms with E-state index in [0.29, 0.717) is 22.8 Å². The van der Waals surface area contributed by atoms with Crippen LogP contribution in [-0.2, 0) is 4.79 Å². The fourth-order valence-electron chi connectivity index (χ4n) is 4.25. The topological polar surface area (TPSA) is 78.7 Å². The number of carbonyl (C=O) groups is 2. The minimum Gasteiger partial charge on any atom is -0.457 e. The van der Waals surface area contributed by atoms with Crippen molar-refractivity contribution in [1.82, 2.24) is 14.8 Å². The van der Waals surface area contributed by atoms with E-state index >= 15 is 0 Å². The number of amides is 2. The second-order valence-electron chi connectivity index (χ2n) is 8.31. The number of furan rings is 1. The summed E-state index contributed by atoms with van der Waals surface area (Å²) < 4.78 is 5.94. The molecule has 2 aromatic heterocycles. The molecule has 3 aromatic rings. The Hall–Kier alpha value is -3.71. The van der Waals surface area contributed by atoms with Crippen LogP contribution < -0.4 is 5.32 Å². The third-order valence-corrected chi connectivity index (χ3v) is 6.13. The second-order valence-corrected chi connectivity index (χ2v) is 8.31. The van der Waals surface area contributed by atoms with Crippen LogP contribution in [-0.4, -0.2) is 59.8 Å². The van der Waals surface area contributed by atoms with Gasteiger partial charge in [0.05, 0.1) is 5.57 Å². The number of fused-ring (bicyclic) bond motifs is 1.